The molecule has 0 unspecified atom stereocenters. The van der Waals surface area contributed by atoms with E-state index in [-0.39, 0.29) is 34.8 Å². The maximum Gasteiger partial charge on any atom is 0.261 e. The Balaban J connectivity index is 0.00000170. The predicted octanol–water partition coefficient (Wildman–Crippen LogP) is 1.63. The SMILES string of the molecule is CS(=O)(=O)O.NCCCN(CCCCNCCCNC(=O)CCc1ccc(O)c(O)c1)C(=O)CCc1ccc(O)c(O)c1. The molecule has 43 heavy (non-hydrogen) atoms. The van der Waals surface area contributed by atoms with Crippen LogP contribution in [0.3, 0.4) is 0 Å². The first-order chi connectivity index (χ1) is 20.3. The zero-order valence-electron chi connectivity index (χ0n) is 24.7. The summed E-state index contributed by atoms with van der Waals surface area (Å²) in [4.78, 5) is 26.6. The number of carbonyl (C=O) groups is 2. The highest BCUT2D eigenvalue weighted by Crippen LogP contribution is 2.26. The number of aryl methyl sites for hydroxylation is 2. The van der Waals surface area contributed by atoms with Crippen LogP contribution in [0, 0.1) is 0 Å². The summed E-state index contributed by atoms with van der Waals surface area (Å²) in [5.74, 6) is -0.715. The molecule has 0 aliphatic heterocycles. The van der Waals surface area contributed by atoms with Crippen LogP contribution in [-0.2, 0) is 32.5 Å². The van der Waals surface area contributed by atoms with Crippen molar-refractivity contribution < 1.29 is 43.0 Å². The Kier molecular flexibility index (Phi) is 17.7. The topological polar surface area (TPSA) is 223 Å². The zero-order valence-corrected chi connectivity index (χ0v) is 25.5. The highest BCUT2D eigenvalue weighted by atomic mass is 32.2. The predicted molar refractivity (Wildman–Crippen MR) is 164 cm³/mol. The summed E-state index contributed by atoms with van der Waals surface area (Å²) in [6, 6.07) is 9.17. The van der Waals surface area contributed by atoms with Crippen molar-refractivity contribution in [3.05, 3.63) is 47.5 Å². The standard InChI is InChI=1S/C28H42N4O6.CH4O3S/c29-13-3-18-32(28(38)12-8-22-6-10-24(34)26(36)20-22)17-2-1-14-30-15-4-16-31-27(37)11-7-21-5-9-23(33)25(35)19-21;1-5(2,3)4/h5-6,9-10,19-20,30,33-36H,1-4,7-8,11-18,29H2,(H,31,37);1H3,(H,2,3,4). The van der Waals surface area contributed by atoms with Gasteiger partial charge in [0.25, 0.3) is 10.1 Å². The number of hydrogen-bond acceptors (Lipinski definition) is 10. The van der Waals surface area contributed by atoms with E-state index in [0.717, 1.165) is 49.9 Å². The lowest BCUT2D eigenvalue weighted by Crippen LogP contribution is -2.34. The average molecular weight is 627 g/mol. The summed E-state index contributed by atoms with van der Waals surface area (Å²) in [6.45, 7) is 3.99. The van der Waals surface area contributed by atoms with Gasteiger partial charge in [0.05, 0.1) is 6.26 Å². The summed E-state index contributed by atoms with van der Waals surface area (Å²) >= 11 is 0. The molecule has 0 spiro atoms. The molecule has 0 aromatic heterocycles. The Labute approximate surface area is 253 Å². The highest BCUT2D eigenvalue weighted by molar-refractivity contribution is 7.85. The molecular formula is C29H46N4O9S. The van der Waals surface area contributed by atoms with Crippen molar-refractivity contribution in [2.75, 3.05) is 45.5 Å². The number of hydrogen-bond donors (Lipinski definition) is 8. The molecular weight excluding hydrogens is 580 g/mol. The minimum Gasteiger partial charge on any atom is -0.504 e. The Morgan fingerprint density at radius 3 is 1.81 bits per heavy atom. The summed E-state index contributed by atoms with van der Waals surface area (Å²) in [6.07, 6.45) is 5.68. The lowest BCUT2D eigenvalue weighted by atomic mass is 10.1. The minimum atomic E-state index is -3.67. The maximum atomic E-state index is 12.7. The van der Waals surface area contributed by atoms with Gasteiger partial charge in [-0.15, -0.1) is 0 Å². The number of aromatic hydroxyl groups is 4. The van der Waals surface area contributed by atoms with Crippen molar-refractivity contribution in [3.8, 4) is 23.0 Å². The van der Waals surface area contributed by atoms with E-state index in [2.05, 4.69) is 10.6 Å². The van der Waals surface area contributed by atoms with E-state index in [9.17, 15) is 38.4 Å². The largest absolute Gasteiger partial charge is 0.504 e. The van der Waals surface area contributed by atoms with Gasteiger partial charge in [-0.1, -0.05) is 12.1 Å². The molecule has 0 saturated carbocycles. The molecule has 0 fully saturated rings. The van der Waals surface area contributed by atoms with E-state index in [4.69, 9.17) is 10.3 Å². The van der Waals surface area contributed by atoms with E-state index in [1.807, 2.05) is 4.90 Å². The molecule has 0 aliphatic rings. The van der Waals surface area contributed by atoms with Crippen molar-refractivity contribution in [1.29, 1.82) is 0 Å². The molecule has 13 nitrogen and oxygen atoms in total. The molecule has 0 heterocycles. The van der Waals surface area contributed by atoms with Crippen LogP contribution in [0.25, 0.3) is 0 Å². The number of nitrogens with two attached hydrogens (primary N) is 1. The molecule has 0 radical (unpaired) electrons. The fraction of sp³-hybridized carbons (Fsp3) is 0.517. The normalized spacial score (nSPS) is 11.0. The van der Waals surface area contributed by atoms with Crippen LogP contribution in [0.2, 0.25) is 0 Å². The van der Waals surface area contributed by atoms with Crippen LogP contribution >= 0.6 is 0 Å². The summed E-state index contributed by atoms with van der Waals surface area (Å²) in [5.41, 5.74) is 7.22. The number of nitrogens with one attached hydrogen (secondary N) is 2. The van der Waals surface area contributed by atoms with Crippen LogP contribution in [0.15, 0.2) is 36.4 Å². The second-order valence-electron chi connectivity index (χ2n) is 10.1. The number of phenols is 4. The van der Waals surface area contributed by atoms with Gasteiger partial charge in [-0.2, -0.15) is 8.42 Å². The average Bonchev–Trinajstić information content (AvgIpc) is 2.93. The van der Waals surface area contributed by atoms with Crippen LogP contribution in [0.1, 0.15) is 49.7 Å². The van der Waals surface area contributed by atoms with Crippen LogP contribution in [0.5, 0.6) is 23.0 Å². The smallest absolute Gasteiger partial charge is 0.261 e. The third-order valence-electron chi connectivity index (χ3n) is 6.22. The van der Waals surface area contributed by atoms with Gasteiger partial charge in [0.15, 0.2) is 23.0 Å². The quantitative estimate of drug-likeness (QED) is 0.0674. The molecule has 2 aromatic carbocycles. The monoisotopic (exact) mass is 626 g/mol. The van der Waals surface area contributed by atoms with Gasteiger partial charge in [-0.05, 0) is 93.6 Å². The third kappa shape index (κ3) is 18.5. The number of amides is 2. The van der Waals surface area contributed by atoms with Crippen LogP contribution in [0.4, 0.5) is 0 Å². The van der Waals surface area contributed by atoms with Crippen molar-refractivity contribution in [2.24, 2.45) is 5.73 Å². The maximum absolute atomic E-state index is 12.7. The molecule has 9 N–H and O–H groups in total. The minimum absolute atomic E-state index is 0.0527. The van der Waals surface area contributed by atoms with Gasteiger partial charge in [0.1, 0.15) is 0 Å². The first-order valence-corrected chi connectivity index (χ1v) is 16.0. The first kappa shape index (κ1) is 37.4. The number of rotatable bonds is 18. The van der Waals surface area contributed by atoms with E-state index in [1.54, 1.807) is 12.1 Å². The first-order valence-electron chi connectivity index (χ1n) is 14.2. The van der Waals surface area contributed by atoms with Crippen LogP contribution in [-0.4, -0.2) is 95.6 Å². The zero-order chi connectivity index (χ0) is 32.3. The second kappa shape index (κ2) is 20.3. The number of unbranched alkanes of at least 4 members (excludes halogenated alkanes) is 1. The lowest BCUT2D eigenvalue weighted by Gasteiger charge is -2.23. The van der Waals surface area contributed by atoms with Gasteiger partial charge in [0.2, 0.25) is 11.8 Å². The summed E-state index contributed by atoms with van der Waals surface area (Å²) in [5, 5.41) is 44.1. The van der Waals surface area contributed by atoms with Crippen molar-refractivity contribution in [3.63, 3.8) is 0 Å². The Morgan fingerprint density at radius 2 is 1.28 bits per heavy atom. The second-order valence-corrected chi connectivity index (χ2v) is 11.5. The van der Waals surface area contributed by atoms with Crippen molar-refractivity contribution in [1.82, 2.24) is 15.5 Å². The molecule has 0 saturated heterocycles. The number of benzene rings is 2. The Morgan fingerprint density at radius 1 is 0.767 bits per heavy atom. The van der Waals surface area contributed by atoms with E-state index in [0.29, 0.717) is 58.1 Å². The summed E-state index contributed by atoms with van der Waals surface area (Å²) in [7, 11) is -3.67. The highest BCUT2D eigenvalue weighted by Gasteiger charge is 2.13. The van der Waals surface area contributed by atoms with Gasteiger partial charge in [-0.3, -0.25) is 14.1 Å². The molecule has 2 aromatic rings. The van der Waals surface area contributed by atoms with Gasteiger partial charge >= 0.3 is 0 Å². The number of nitrogens with zero attached hydrogens (tertiary/aromatic N) is 1. The van der Waals surface area contributed by atoms with Crippen molar-refractivity contribution in [2.45, 2.75) is 51.4 Å². The molecule has 0 bridgehead atoms. The molecule has 242 valence electrons. The van der Waals surface area contributed by atoms with Gasteiger partial charge in [0, 0.05) is 32.5 Å². The van der Waals surface area contributed by atoms with Crippen LogP contribution < -0.4 is 16.4 Å². The molecule has 14 heteroatoms. The molecule has 0 atom stereocenters. The Hall–Kier alpha value is -3.59. The van der Waals surface area contributed by atoms with E-state index in [1.165, 1.54) is 24.3 Å². The molecule has 2 rings (SSSR count). The fourth-order valence-electron chi connectivity index (χ4n) is 3.97. The third-order valence-corrected chi connectivity index (χ3v) is 6.22. The molecule has 2 amide bonds. The van der Waals surface area contributed by atoms with Gasteiger partial charge < -0.3 is 41.7 Å². The Bertz CT molecular complexity index is 1230. The number of phenolic OH excluding ortho intramolecular Hbond substituents is 4. The fourth-order valence-corrected chi connectivity index (χ4v) is 3.97. The van der Waals surface area contributed by atoms with E-state index < -0.39 is 10.1 Å². The summed E-state index contributed by atoms with van der Waals surface area (Å²) < 4.78 is 25.9. The van der Waals surface area contributed by atoms with Crippen molar-refractivity contribution >= 4 is 21.9 Å². The van der Waals surface area contributed by atoms with Gasteiger partial charge in [-0.25, -0.2) is 0 Å². The number of carbonyl (C=O) groups excluding carboxylic acids is 2. The van der Waals surface area contributed by atoms with E-state index >= 15 is 0 Å². The molecule has 0 aliphatic carbocycles. The lowest BCUT2D eigenvalue weighted by molar-refractivity contribution is -0.131.